The highest BCUT2D eigenvalue weighted by atomic mass is 35.5. The van der Waals surface area contributed by atoms with Gasteiger partial charge >= 0.3 is 0 Å². The monoisotopic (exact) mass is 240 g/mol. The van der Waals surface area contributed by atoms with Crippen molar-refractivity contribution < 1.29 is 0 Å². The van der Waals surface area contributed by atoms with Gasteiger partial charge in [-0.2, -0.15) is 0 Å². The number of fused-ring (bicyclic) bond motifs is 1. The SMILES string of the molecule is Clc1ccc(-c2cnc3ccccc3n2)cc1. The molecule has 0 aliphatic carbocycles. The van der Waals surface area contributed by atoms with Gasteiger partial charge in [-0.15, -0.1) is 0 Å². The van der Waals surface area contributed by atoms with Gasteiger partial charge in [-0.3, -0.25) is 4.98 Å². The third kappa shape index (κ3) is 1.99. The molecule has 0 N–H and O–H groups in total. The Kier molecular flexibility index (Phi) is 2.50. The maximum Gasteiger partial charge on any atom is 0.0894 e. The molecule has 2 aromatic carbocycles. The summed E-state index contributed by atoms with van der Waals surface area (Å²) < 4.78 is 0. The average Bonchev–Trinajstić information content (AvgIpc) is 2.39. The summed E-state index contributed by atoms with van der Waals surface area (Å²) in [6.07, 6.45) is 1.78. The Balaban J connectivity index is 2.14. The van der Waals surface area contributed by atoms with E-state index in [1.165, 1.54) is 0 Å². The van der Waals surface area contributed by atoms with Gasteiger partial charge in [0.2, 0.25) is 0 Å². The highest BCUT2D eigenvalue weighted by molar-refractivity contribution is 6.30. The van der Waals surface area contributed by atoms with E-state index in [-0.39, 0.29) is 0 Å². The lowest BCUT2D eigenvalue weighted by atomic mass is 10.1. The molecule has 0 fully saturated rings. The van der Waals surface area contributed by atoms with Gasteiger partial charge in [0.15, 0.2) is 0 Å². The van der Waals surface area contributed by atoms with Crippen molar-refractivity contribution in [3.8, 4) is 11.3 Å². The molecule has 3 heteroatoms. The molecule has 2 nitrogen and oxygen atoms in total. The second-order valence-electron chi connectivity index (χ2n) is 3.75. The highest BCUT2D eigenvalue weighted by Gasteiger charge is 2.01. The van der Waals surface area contributed by atoms with Crippen molar-refractivity contribution in [2.24, 2.45) is 0 Å². The molecule has 0 unspecified atom stereocenters. The first-order valence-electron chi connectivity index (χ1n) is 5.31. The Morgan fingerprint density at radius 2 is 1.53 bits per heavy atom. The van der Waals surface area contributed by atoms with E-state index in [9.17, 15) is 0 Å². The standard InChI is InChI=1S/C14H9ClN2/c15-11-7-5-10(6-8-11)14-9-16-12-3-1-2-4-13(12)17-14/h1-9H. The van der Waals surface area contributed by atoms with Crippen molar-refractivity contribution in [1.82, 2.24) is 9.97 Å². The topological polar surface area (TPSA) is 25.8 Å². The number of aromatic nitrogens is 2. The first-order chi connectivity index (χ1) is 8.33. The van der Waals surface area contributed by atoms with Gasteiger partial charge in [0.05, 0.1) is 22.9 Å². The minimum Gasteiger partial charge on any atom is -0.252 e. The van der Waals surface area contributed by atoms with Crippen LogP contribution in [-0.2, 0) is 0 Å². The fourth-order valence-electron chi connectivity index (χ4n) is 1.72. The molecule has 1 heterocycles. The lowest BCUT2D eigenvalue weighted by Gasteiger charge is -2.02. The van der Waals surface area contributed by atoms with Crippen molar-refractivity contribution in [3.05, 3.63) is 59.8 Å². The van der Waals surface area contributed by atoms with E-state index in [0.29, 0.717) is 0 Å². The average molecular weight is 241 g/mol. The lowest BCUT2D eigenvalue weighted by molar-refractivity contribution is 1.29. The molecule has 0 saturated carbocycles. The quantitative estimate of drug-likeness (QED) is 0.644. The van der Waals surface area contributed by atoms with E-state index in [0.717, 1.165) is 27.3 Å². The number of benzene rings is 2. The minimum atomic E-state index is 0.725. The Bertz CT molecular complexity index is 662. The van der Waals surface area contributed by atoms with Crippen LogP contribution in [0.2, 0.25) is 5.02 Å². The van der Waals surface area contributed by atoms with Crippen LogP contribution in [0.5, 0.6) is 0 Å². The van der Waals surface area contributed by atoms with E-state index in [1.54, 1.807) is 6.20 Å². The molecule has 0 spiro atoms. The molecule has 0 bridgehead atoms. The van der Waals surface area contributed by atoms with E-state index in [1.807, 2.05) is 48.5 Å². The van der Waals surface area contributed by atoms with Gasteiger partial charge in [-0.05, 0) is 24.3 Å². The van der Waals surface area contributed by atoms with E-state index in [2.05, 4.69) is 9.97 Å². The first kappa shape index (κ1) is 10.2. The summed E-state index contributed by atoms with van der Waals surface area (Å²) in [4.78, 5) is 8.95. The van der Waals surface area contributed by atoms with E-state index in [4.69, 9.17) is 11.6 Å². The molecule has 0 atom stereocenters. The number of rotatable bonds is 1. The molecule has 0 aliphatic heterocycles. The van der Waals surface area contributed by atoms with Crippen LogP contribution in [0.4, 0.5) is 0 Å². The molecule has 3 aromatic rings. The van der Waals surface area contributed by atoms with Gasteiger partial charge < -0.3 is 0 Å². The van der Waals surface area contributed by atoms with Crippen LogP contribution in [0.1, 0.15) is 0 Å². The number of hydrogen-bond acceptors (Lipinski definition) is 2. The number of hydrogen-bond donors (Lipinski definition) is 0. The summed E-state index contributed by atoms with van der Waals surface area (Å²) in [6.45, 7) is 0. The van der Waals surface area contributed by atoms with Crippen molar-refractivity contribution in [2.75, 3.05) is 0 Å². The Morgan fingerprint density at radius 3 is 2.29 bits per heavy atom. The fourth-order valence-corrected chi connectivity index (χ4v) is 1.84. The van der Waals surface area contributed by atoms with E-state index < -0.39 is 0 Å². The first-order valence-corrected chi connectivity index (χ1v) is 5.68. The number of halogens is 1. The molecule has 82 valence electrons. The molecule has 0 aliphatic rings. The predicted molar refractivity (Wildman–Crippen MR) is 70.0 cm³/mol. The molecule has 0 amide bonds. The Morgan fingerprint density at radius 1 is 0.824 bits per heavy atom. The summed E-state index contributed by atoms with van der Waals surface area (Å²) in [5.41, 5.74) is 3.69. The summed E-state index contributed by atoms with van der Waals surface area (Å²) in [6, 6.07) is 15.4. The smallest absolute Gasteiger partial charge is 0.0894 e. The Hall–Kier alpha value is -1.93. The summed E-state index contributed by atoms with van der Waals surface area (Å²) in [5.74, 6) is 0. The zero-order chi connectivity index (χ0) is 11.7. The van der Waals surface area contributed by atoms with Crippen LogP contribution in [0, 0.1) is 0 Å². The third-order valence-electron chi connectivity index (χ3n) is 2.59. The van der Waals surface area contributed by atoms with Crippen LogP contribution >= 0.6 is 11.6 Å². The maximum absolute atomic E-state index is 5.86. The van der Waals surface area contributed by atoms with Gasteiger partial charge in [-0.25, -0.2) is 4.98 Å². The molecule has 17 heavy (non-hydrogen) atoms. The minimum absolute atomic E-state index is 0.725. The van der Waals surface area contributed by atoms with Crippen molar-refractivity contribution in [2.45, 2.75) is 0 Å². The zero-order valence-electron chi connectivity index (χ0n) is 8.97. The van der Waals surface area contributed by atoms with Gasteiger partial charge in [0, 0.05) is 10.6 Å². The summed E-state index contributed by atoms with van der Waals surface area (Å²) in [7, 11) is 0. The zero-order valence-corrected chi connectivity index (χ0v) is 9.72. The largest absolute Gasteiger partial charge is 0.252 e. The number of nitrogens with zero attached hydrogens (tertiary/aromatic N) is 2. The summed E-state index contributed by atoms with van der Waals surface area (Å²) >= 11 is 5.86. The van der Waals surface area contributed by atoms with Gasteiger partial charge in [-0.1, -0.05) is 35.9 Å². The van der Waals surface area contributed by atoms with Gasteiger partial charge in [0.1, 0.15) is 0 Å². The predicted octanol–water partition coefficient (Wildman–Crippen LogP) is 3.95. The van der Waals surface area contributed by atoms with Crippen LogP contribution in [0.25, 0.3) is 22.3 Å². The van der Waals surface area contributed by atoms with Crippen LogP contribution in [0.3, 0.4) is 0 Å². The second-order valence-corrected chi connectivity index (χ2v) is 4.19. The normalized spacial score (nSPS) is 10.6. The van der Waals surface area contributed by atoms with Crippen LogP contribution in [0.15, 0.2) is 54.7 Å². The molecule has 0 radical (unpaired) electrons. The highest BCUT2D eigenvalue weighted by Crippen LogP contribution is 2.20. The van der Waals surface area contributed by atoms with E-state index >= 15 is 0 Å². The molecule has 0 saturated heterocycles. The molecule has 3 rings (SSSR count). The van der Waals surface area contributed by atoms with Crippen molar-refractivity contribution in [3.63, 3.8) is 0 Å². The summed E-state index contributed by atoms with van der Waals surface area (Å²) in [5, 5.41) is 0.725. The molecular formula is C14H9ClN2. The molecular weight excluding hydrogens is 232 g/mol. The second kappa shape index (κ2) is 4.15. The Labute approximate surface area is 104 Å². The van der Waals surface area contributed by atoms with Crippen molar-refractivity contribution in [1.29, 1.82) is 0 Å². The third-order valence-corrected chi connectivity index (χ3v) is 2.84. The van der Waals surface area contributed by atoms with Crippen molar-refractivity contribution >= 4 is 22.6 Å². The fraction of sp³-hybridized carbons (Fsp3) is 0. The maximum atomic E-state index is 5.86. The number of para-hydroxylation sites is 2. The molecule has 1 aromatic heterocycles. The van der Waals surface area contributed by atoms with Gasteiger partial charge in [0.25, 0.3) is 0 Å². The lowest BCUT2D eigenvalue weighted by Crippen LogP contribution is -1.87. The van der Waals surface area contributed by atoms with Crippen LogP contribution in [-0.4, -0.2) is 9.97 Å². The van der Waals surface area contributed by atoms with Crippen LogP contribution < -0.4 is 0 Å².